The minimum absolute atomic E-state index is 0.114. The molecule has 0 aliphatic carbocycles. The van der Waals surface area contributed by atoms with Crippen molar-refractivity contribution in [1.29, 1.82) is 0 Å². The fraction of sp³-hybridized carbons (Fsp3) is 0.947. The first kappa shape index (κ1) is 27.5. The number of hydrogen-bond donors (Lipinski definition) is 5. The molecule has 5 N–H and O–H groups in total. The largest absolute Gasteiger partial charge is 0.469 e. The lowest BCUT2D eigenvalue weighted by Gasteiger charge is -2.13. The highest BCUT2D eigenvalue weighted by molar-refractivity contribution is 5.68. The summed E-state index contributed by atoms with van der Waals surface area (Å²) in [5.41, 5.74) is 0. The van der Waals surface area contributed by atoms with E-state index >= 15 is 0 Å². The number of carbonyl (C=O) groups excluding carboxylic acids is 1. The normalized spacial score (nSPS) is 12.8. The van der Waals surface area contributed by atoms with Gasteiger partial charge in [0.05, 0.1) is 13.3 Å². The fourth-order valence-electron chi connectivity index (χ4n) is 2.33. The molecule has 0 radical (unpaired) electrons. The molecule has 0 saturated heterocycles. The molecule has 7 heteroatoms. The van der Waals surface area contributed by atoms with Crippen LogP contribution in [0.5, 0.6) is 0 Å². The van der Waals surface area contributed by atoms with Crippen LogP contribution in [0.2, 0.25) is 0 Å². The number of esters is 1. The van der Waals surface area contributed by atoms with E-state index in [1.54, 1.807) is 0 Å². The summed E-state index contributed by atoms with van der Waals surface area (Å²) < 4.78 is 4.58. The van der Waals surface area contributed by atoms with Crippen molar-refractivity contribution in [2.75, 3.05) is 53.9 Å². The van der Waals surface area contributed by atoms with Gasteiger partial charge in [0.1, 0.15) is 0 Å². The summed E-state index contributed by atoms with van der Waals surface area (Å²) in [6, 6.07) is 0.478. The van der Waals surface area contributed by atoms with Gasteiger partial charge in [-0.05, 0) is 86.3 Å². The van der Waals surface area contributed by atoms with Crippen LogP contribution in [0.1, 0.15) is 52.9 Å². The molecule has 0 spiro atoms. The molecule has 0 aromatic heterocycles. The van der Waals surface area contributed by atoms with E-state index in [2.05, 4.69) is 52.1 Å². The molecule has 0 heterocycles. The third-order valence-corrected chi connectivity index (χ3v) is 3.91. The van der Waals surface area contributed by atoms with E-state index in [9.17, 15) is 4.79 Å². The van der Waals surface area contributed by atoms with Crippen LogP contribution >= 0.6 is 0 Å². The van der Waals surface area contributed by atoms with E-state index in [1.807, 2.05) is 14.1 Å². The second kappa shape index (κ2) is 22.3. The first-order chi connectivity index (χ1) is 12.5. The molecule has 0 aromatic rings. The van der Waals surface area contributed by atoms with Crippen LogP contribution in [0.15, 0.2) is 0 Å². The van der Waals surface area contributed by atoms with E-state index in [0.29, 0.717) is 18.6 Å². The van der Waals surface area contributed by atoms with E-state index in [1.165, 1.54) is 13.5 Å². The quantitative estimate of drug-likeness (QED) is 0.157. The predicted octanol–water partition coefficient (Wildman–Crippen LogP) is 1.06. The van der Waals surface area contributed by atoms with Crippen LogP contribution in [0.25, 0.3) is 0 Å². The third-order valence-electron chi connectivity index (χ3n) is 3.91. The van der Waals surface area contributed by atoms with Crippen molar-refractivity contribution < 1.29 is 9.53 Å². The minimum atomic E-state index is -0.114. The van der Waals surface area contributed by atoms with Gasteiger partial charge in [0.25, 0.3) is 0 Å². The fourth-order valence-corrected chi connectivity index (χ4v) is 2.33. The summed E-state index contributed by atoms with van der Waals surface area (Å²) in [4.78, 5) is 10.8. The van der Waals surface area contributed by atoms with Gasteiger partial charge >= 0.3 is 5.97 Å². The number of carbonyl (C=O) groups is 1. The number of ether oxygens (including phenoxy) is 1. The third kappa shape index (κ3) is 23.3. The SMILES string of the molecule is CCNC(C)NCCCNC.CNCCCNC(C)CCCC(=O)OC. The maximum atomic E-state index is 10.8. The molecule has 7 nitrogen and oxygen atoms in total. The Morgan fingerprint density at radius 1 is 0.885 bits per heavy atom. The van der Waals surface area contributed by atoms with Crippen molar-refractivity contribution in [2.45, 2.75) is 65.1 Å². The van der Waals surface area contributed by atoms with Crippen LogP contribution in [-0.4, -0.2) is 72.1 Å². The Morgan fingerprint density at radius 3 is 1.96 bits per heavy atom. The Bertz CT molecular complexity index is 293. The Kier molecular flexibility index (Phi) is 23.6. The lowest BCUT2D eigenvalue weighted by atomic mass is 10.1. The van der Waals surface area contributed by atoms with Crippen LogP contribution in [0.4, 0.5) is 0 Å². The highest BCUT2D eigenvalue weighted by atomic mass is 16.5. The molecule has 0 aromatic carbocycles. The molecule has 0 bridgehead atoms. The van der Waals surface area contributed by atoms with Gasteiger partial charge in [-0.2, -0.15) is 0 Å². The second-order valence-corrected chi connectivity index (χ2v) is 6.47. The number of rotatable bonds is 16. The Hall–Kier alpha value is -0.730. The van der Waals surface area contributed by atoms with Gasteiger partial charge < -0.3 is 31.3 Å². The summed E-state index contributed by atoms with van der Waals surface area (Å²) in [6.45, 7) is 11.7. The molecule has 0 amide bonds. The molecule has 0 saturated carbocycles. The van der Waals surface area contributed by atoms with Crippen molar-refractivity contribution in [1.82, 2.24) is 26.6 Å². The van der Waals surface area contributed by atoms with Crippen molar-refractivity contribution >= 4 is 5.97 Å². The standard InChI is InChI=1S/C11H24N2O2.C8H21N3/c1-10(13-9-5-8-12-2)6-4-7-11(14)15-3;1-4-10-8(2)11-7-5-6-9-3/h10,12-13H,4-9H2,1-3H3;8-11H,4-7H2,1-3H3. The van der Waals surface area contributed by atoms with E-state index in [4.69, 9.17) is 0 Å². The lowest BCUT2D eigenvalue weighted by molar-refractivity contribution is -0.140. The highest BCUT2D eigenvalue weighted by Gasteiger charge is 2.04. The monoisotopic (exact) mass is 375 g/mol. The summed E-state index contributed by atoms with van der Waals surface area (Å²) in [5, 5.41) is 16.3. The highest BCUT2D eigenvalue weighted by Crippen LogP contribution is 2.01. The zero-order chi connectivity index (χ0) is 20.0. The Morgan fingerprint density at radius 2 is 1.46 bits per heavy atom. The Labute approximate surface area is 161 Å². The van der Waals surface area contributed by atoms with E-state index < -0.39 is 0 Å². The summed E-state index contributed by atoms with van der Waals surface area (Å²) >= 11 is 0. The van der Waals surface area contributed by atoms with E-state index in [-0.39, 0.29) is 5.97 Å². The van der Waals surface area contributed by atoms with Crippen molar-refractivity contribution in [2.24, 2.45) is 0 Å². The Balaban J connectivity index is 0. The number of methoxy groups -OCH3 is 1. The molecular formula is C19H45N5O2. The van der Waals surface area contributed by atoms with Gasteiger partial charge in [0.2, 0.25) is 0 Å². The average molecular weight is 376 g/mol. The van der Waals surface area contributed by atoms with Gasteiger partial charge in [-0.1, -0.05) is 6.92 Å². The van der Waals surface area contributed by atoms with Gasteiger partial charge in [-0.3, -0.25) is 4.79 Å². The van der Waals surface area contributed by atoms with E-state index in [0.717, 1.165) is 52.0 Å². The second-order valence-electron chi connectivity index (χ2n) is 6.47. The zero-order valence-electron chi connectivity index (χ0n) is 18.0. The van der Waals surface area contributed by atoms with Crippen LogP contribution in [0, 0.1) is 0 Å². The smallest absolute Gasteiger partial charge is 0.305 e. The lowest BCUT2D eigenvalue weighted by Crippen LogP contribution is -2.40. The summed E-state index contributed by atoms with van der Waals surface area (Å²) in [7, 11) is 5.37. The molecule has 0 aliphatic heterocycles. The molecule has 2 atom stereocenters. The predicted molar refractivity (Wildman–Crippen MR) is 112 cm³/mol. The zero-order valence-corrected chi connectivity index (χ0v) is 18.0. The minimum Gasteiger partial charge on any atom is -0.469 e. The first-order valence-electron chi connectivity index (χ1n) is 10.1. The van der Waals surface area contributed by atoms with Gasteiger partial charge in [-0.15, -0.1) is 0 Å². The summed E-state index contributed by atoms with van der Waals surface area (Å²) in [6.07, 6.45) is 5.21. The number of nitrogens with one attached hydrogen (secondary N) is 5. The summed E-state index contributed by atoms with van der Waals surface area (Å²) in [5.74, 6) is -0.114. The molecular weight excluding hydrogens is 330 g/mol. The molecule has 26 heavy (non-hydrogen) atoms. The molecule has 0 aliphatic rings. The topological polar surface area (TPSA) is 86.5 Å². The van der Waals surface area contributed by atoms with Crippen molar-refractivity contribution in [3.05, 3.63) is 0 Å². The van der Waals surface area contributed by atoms with Crippen molar-refractivity contribution in [3.63, 3.8) is 0 Å². The molecule has 2 unspecified atom stereocenters. The number of hydrogen-bond acceptors (Lipinski definition) is 7. The average Bonchev–Trinajstić information content (AvgIpc) is 2.63. The maximum Gasteiger partial charge on any atom is 0.305 e. The van der Waals surface area contributed by atoms with Gasteiger partial charge in [-0.25, -0.2) is 0 Å². The maximum absolute atomic E-state index is 10.8. The van der Waals surface area contributed by atoms with Gasteiger partial charge in [0.15, 0.2) is 0 Å². The first-order valence-corrected chi connectivity index (χ1v) is 10.1. The van der Waals surface area contributed by atoms with Crippen molar-refractivity contribution in [3.8, 4) is 0 Å². The van der Waals surface area contributed by atoms with Crippen LogP contribution < -0.4 is 26.6 Å². The molecule has 0 fully saturated rings. The molecule has 0 rings (SSSR count). The van der Waals surface area contributed by atoms with Crippen LogP contribution in [0.3, 0.4) is 0 Å². The van der Waals surface area contributed by atoms with Gasteiger partial charge in [0, 0.05) is 12.5 Å². The molecule has 158 valence electrons. The van der Waals surface area contributed by atoms with Crippen LogP contribution in [-0.2, 0) is 9.53 Å².